The van der Waals surface area contributed by atoms with E-state index in [1.165, 1.54) is 18.4 Å². The Hall–Kier alpha value is -3.88. The van der Waals surface area contributed by atoms with Crippen molar-refractivity contribution < 1.29 is 23.5 Å². The molecule has 2 amide bonds. The Labute approximate surface area is 166 Å². The van der Waals surface area contributed by atoms with Crippen LogP contribution in [0.2, 0.25) is 0 Å². The molecule has 0 saturated carbocycles. The smallest absolute Gasteiger partial charge is 0.340 e. The van der Waals surface area contributed by atoms with Crippen molar-refractivity contribution in [1.82, 2.24) is 9.78 Å². The van der Waals surface area contributed by atoms with Crippen LogP contribution in [0.5, 0.6) is 0 Å². The van der Waals surface area contributed by atoms with Gasteiger partial charge in [-0.1, -0.05) is 12.1 Å². The van der Waals surface area contributed by atoms with Gasteiger partial charge >= 0.3 is 5.97 Å². The summed E-state index contributed by atoms with van der Waals surface area (Å²) in [4.78, 5) is 36.7. The minimum atomic E-state index is -0.743. The van der Waals surface area contributed by atoms with Gasteiger partial charge < -0.3 is 19.8 Å². The van der Waals surface area contributed by atoms with E-state index in [0.717, 1.165) is 0 Å². The van der Waals surface area contributed by atoms with E-state index in [0.29, 0.717) is 5.82 Å². The van der Waals surface area contributed by atoms with Crippen LogP contribution in [-0.4, -0.2) is 34.2 Å². The van der Waals surface area contributed by atoms with E-state index in [4.69, 9.17) is 9.15 Å². The number of ether oxygens (including phenoxy) is 1. The van der Waals surface area contributed by atoms with Gasteiger partial charge in [-0.2, -0.15) is 5.10 Å². The number of carbonyl (C=O) groups is 3. The molecule has 150 valence electrons. The number of esters is 1. The highest BCUT2D eigenvalue weighted by Gasteiger charge is 2.18. The van der Waals surface area contributed by atoms with Crippen molar-refractivity contribution in [2.75, 3.05) is 17.2 Å². The molecule has 2 aromatic heterocycles. The van der Waals surface area contributed by atoms with Gasteiger partial charge in [0.25, 0.3) is 11.8 Å². The second-order valence-electron chi connectivity index (χ2n) is 6.36. The quantitative estimate of drug-likeness (QED) is 0.593. The molecule has 0 saturated heterocycles. The van der Waals surface area contributed by atoms with Gasteiger partial charge in [-0.25, -0.2) is 9.48 Å². The SMILES string of the molecule is CC(C)n1nccc1NC(=O)COC(=O)c1ccccc1NC(=O)c1ccco1. The molecular weight excluding hydrogens is 376 g/mol. The van der Waals surface area contributed by atoms with Crippen LogP contribution in [0.1, 0.15) is 40.8 Å². The maximum atomic E-state index is 12.4. The fraction of sp³-hybridized carbons (Fsp3) is 0.200. The summed E-state index contributed by atoms with van der Waals surface area (Å²) in [6.07, 6.45) is 2.94. The first-order chi connectivity index (χ1) is 14.0. The maximum absolute atomic E-state index is 12.4. The van der Waals surface area contributed by atoms with Crippen molar-refractivity contribution in [3.8, 4) is 0 Å². The molecule has 0 fully saturated rings. The molecule has 0 bridgehead atoms. The maximum Gasteiger partial charge on any atom is 0.340 e. The first-order valence-corrected chi connectivity index (χ1v) is 8.90. The lowest BCUT2D eigenvalue weighted by atomic mass is 10.1. The number of hydrogen-bond donors (Lipinski definition) is 2. The van der Waals surface area contributed by atoms with E-state index in [1.54, 1.807) is 41.2 Å². The molecule has 0 unspecified atom stereocenters. The fourth-order valence-electron chi connectivity index (χ4n) is 2.57. The number of hydrogen-bond acceptors (Lipinski definition) is 6. The molecule has 0 aliphatic heterocycles. The molecule has 0 aliphatic rings. The van der Waals surface area contributed by atoms with E-state index < -0.39 is 24.4 Å². The number of carbonyl (C=O) groups excluding carboxylic acids is 3. The molecule has 3 aromatic rings. The molecular formula is C20H20N4O5. The zero-order chi connectivity index (χ0) is 20.8. The van der Waals surface area contributed by atoms with E-state index in [9.17, 15) is 14.4 Å². The van der Waals surface area contributed by atoms with Gasteiger partial charge in [0.2, 0.25) is 0 Å². The Morgan fingerprint density at radius 3 is 2.62 bits per heavy atom. The minimum absolute atomic E-state index is 0.0625. The molecule has 3 rings (SSSR count). The summed E-state index contributed by atoms with van der Waals surface area (Å²) in [5.41, 5.74) is 0.365. The predicted octanol–water partition coefficient (Wildman–Crippen LogP) is 3.10. The Morgan fingerprint density at radius 2 is 1.90 bits per heavy atom. The summed E-state index contributed by atoms with van der Waals surface area (Å²) in [5, 5.41) is 9.36. The van der Waals surface area contributed by atoms with Crippen molar-refractivity contribution >= 4 is 29.3 Å². The topological polar surface area (TPSA) is 115 Å². The summed E-state index contributed by atoms with van der Waals surface area (Å²) in [5.74, 6) is -1.14. The highest BCUT2D eigenvalue weighted by molar-refractivity contribution is 6.07. The average Bonchev–Trinajstić information content (AvgIpc) is 3.38. The number of aromatic nitrogens is 2. The van der Waals surface area contributed by atoms with Gasteiger partial charge in [0, 0.05) is 12.1 Å². The Morgan fingerprint density at radius 1 is 1.10 bits per heavy atom. The molecule has 0 atom stereocenters. The number of amides is 2. The first kappa shape index (κ1) is 19.9. The number of rotatable bonds is 7. The molecule has 2 N–H and O–H groups in total. The van der Waals surface area contributed by atoms with Crippen LogP contribution in [0.4, 0.5) is 11.5 Å². The van der Waals surface area contributed by atoms with E-state index >= 15 is 0 Å². The molecule has 29 heavy (non-hydrogen) atoms. The zero-order valence-electron chi connectivity index (χ0n) is 15.9. The normalized spacial score (nSPS) is 10.6. The zero-order valence-corrected chi connectivity index (χ0v) is 15.9. The number of nitrogens with one attached hydrogen (secondary N) is 2. The summed E-state index contributed by atoms with van der Waals surface area (Å²) in [6.45, 7) is 3.37. The van der Waals surface area contributed by atoms with Crippen LogP contribution in [0.25, 0.3) is 0 Å². The second-order valence-corrected chi connectivity index (χ2v) is 6.36. The number of benzene rings is 1. The van der Waals surface area contributed by atoms with Crippen molar-refractivity contribution in [3.63, 3.8) is 0 Å². The van der Waals surface area contributed by atoms with Gasteiger partial charge in [-0.05, 0) is 38.1 Å². The fourth-order valence-corrected chi connectivity index (χ4v) is 2.57. The number of nitrogens with zero attached hydrogens (tertiary/aromatic N) is 2. The molecule has 9 heteroatoms. The van der Waals surface area contributed by atoms with Crippen molar-refractivity contribution in [3.05, 3.63) is 66.2 Å². The largest absolute Gasteiger partial charge is 0.459 e. The van der Waals surface area contributed by atoms with Gasteiger partial charge in [-0.3, -0.25) is 9.59 Å². The third kappa shape index (κ3) is 4.89. The number of anilines is 2. The molecule has 1 aromatic carbocycles. The molecule has 0 spiro atoms. The van der Waals surface area contributed by atoms with Crippen LogP contribution in [0, 0.1) is 0 Å². The number of furan rings is 1. The summed E-state index contributed by atoms with van der Waals surface area (Å²) >= 11 is 0. The Bertz CT molecular complexity index is 1010. The summed E-state index contributed by atoms with van der Waals surface area (Å²) in [7, 11) is 0. The minimum Gasteiger partial charge on any atom is -0.459 e. The predicted molar refractivity (Wildman–Crippen MR) is 105 cm³/mol. The monoisotopic (exact) mass is 396 g/mol. The average molecular weight is 396 g/mol. The molecule has 0 radical (unpaired) electrons. The Kier molecular flexibility index (Phi) is 6.08. The van der Waals surface area contributed by atoms with Crippen LogP contribution in [-0.2, 0) is 9.53 Å². The van der Waals surface area contributed by atoms with E-state index in [-0.39, 0.29) is 23.1 Å². The van der Waals surface area contributed by atoms with Crippen molar-refractivity contribution in [2.24, 2.45) is 0 Å². The van der Waals surface area contributed by atoms with E-state index in [1.807, 2.05) is 13.8 Å². The van der Waals surface area contributed by atoms with E-state index in [2.05, 4.69) is 15.7 Å². The third-order valence-corrected chi connectivity index (χ3v) is 3.90. The standard InChI is InChI=1S/C20H20N4O5/c1-13(2)24-17(9-10-21-24)23-18(25)12-29-20(27)14-6-3-4-7-15(14)22-19(26)16-8-5-11-28-16/h3-11,13H,12H2,1-2H3,(H,22,26)(H,23,25). The molecule has 9 nitrogen and oxygen atoms in total. The van der Waals surface area contributed by atoms with Crippen LogP contribution >= 0.6 is 0 Å². The van der Waals surface area contributed by atoms with Gasteiger partial charge in [-0.15, -0.1) is 0 Å². The molecule has 2 heterocycles. The highest BCUT2D eigenvalue weighted by Crippen LogP contribution is 2.18. The lowest BCUT2D eigenvalue weighted by Gasteiger charge is -2.12. The summed E-state index contributed by atoms with van der Waals surface area (Å²) < 4.78 is 11.8. The van der Waals surface area contributed by atoms with Crippen molar-refractivity contribution in [1.29, 1.82) is 0 Å². The van der Waals surface area contributed by atoms with Gasteiger partial charge in [0.15, 0.2) is 12.4 Å². The lowest BCUT2D eigenvalue weighted by molar-refractivity contribution is -0.119. The third-order valence-electron chi connectivity index (χ3n) is 3.90. The Balaban J connectivity index is 1.61. The van der Waals surface area contributed by atoms with Crippen molar-refractivity contribution in [2.45, 2.75) is 19.9 Å². The summed E-state index contributed by atoms with van der Waals surface area (Å²) in [6, 6.07) is 11.1. The van der Waals surface area contributed by atoms with Crippen LogP contribution < -0.4 is 10.6 Å². The van der Waals surface area contributed by atoms with Crippen LogP contribution in [0.15, 0.2) is 59.3 Å². The van der Waals surface area contributed by atoms with Crippen LogP contribution in [0.3, 0.4) is 0 Å². The van der Waals surface area contributed by atoms with Gasteiger partial charge in [0.05, 0.1) is 23.7 Å². The lowest BCUT2D eigenvalue weighted by Crippen LogP contribution is -2.23. The molecule has 0 aliphatic carbocycles. The second kappa shape index (κ2) is 8.87. The van der Waals surface area contributed by atoms with Gasteiger partial charge in [0.1, 0.15) is 5.82 Å². The highest BCUT2D eigenvalue weighted by atomic mass is 16.5. The number of para-hydroxylation sites is 1. The first-order valence-electron chi connectivity index (χ1n) is 8.90.